The van der Waals surface area contributed by atoms with Crippen LogP contribution in [0.15, 0.2) is 72.4 Å². The van der Waals surface area contributed by atoms with Crippen LogP contribution in [0.1, 0.15) is 30.9 Å². The molecule has 184 valence electrons. The molecule has 0 radical (unpaired) electrons. The van der Waals surface area contributed by atoms with Crippen LogP contribution >= 0.6 is 11.3 Å². The number of hydrogen-bond donors (Lipinski definition) is 1. The van der Waals surface area contributed by atoms with Crippen molar-refractivity contribution in [3.8, 4) is 27.4 Å². The highest BCUT2D eigenvalue weighted by Crippen LogP contribution is 2.38. The fourth-order valence-corrected chi connectivity index (χ4v) is 5.77. The second kappa shape index (κ2) is 10.5. The molecule has 1 saturated heterocycles. The lowest BCUT2D eigenvalue weighted by molar-refractivity contribution is -0.132. The van der Waals surface area contributed by atoms with Crippen molar-refractivity contribution in [2.75, 3.05) is 18.0 Å². The number of pyridine rings is 2. The first-order chi connectivity index (χ1) is 17.5. The number of hydrogen-bond acceptors (Lipinski definition) is 6. The Hall–Kier alpha value is -3.71. The van der Waals surface area contributed by atoms with Gasteiger partial charge in [0.1, 0.15) is 17.6 Å². The van der Waals surface area contributed by atoms with Crippen LogP contribution in [0.5, 0.6) is 5.75 Å². The Bertz CT molecular complexity index is 1350. The largest absolute Gasteiger partial charge is 0.507 e. The average Bonchev–Trinajstić information content (AvgIpc) is 3.57. The maximum absolute atomic E-state index is 13.7. The number of para-hydroxylation sites is 1. The van der Waals surface area contributed by atoms with Crippen molar-refractivity contribution in [3.05, 3.63) is 83.5 Å². The predicted octanol–water partition coefficient (Wildman–Crippen LogP) is 5.90. The third-order valence-corrected chi connectivity index (χ3v) is 7.83. The van der Waals surface area contributed by atoms with Crippen LogP contribution < -0.4 is 4.90 Å². The van der Waals surface area contributed by atoms with E-state index in [4.69, 9.17) is 4.98 Å². The Balaban J connectivity index is 1.52. The van der Waals surface area contributed by atoms with Crippen molar-refractivity contribution in [3.63, 3.8) is 0 Å². The van der Waals surface area contributed by atoms with Gasteiger partial charge in [-0.1, -0.05) is 12.1 Å². The molecule has 0 spiro atoms. The number of aromatic hydroxyl groups is 1. The molecule has 36 heavy (non-hydrogen) atoms. The van der Waals surface area contributed by atoms with Crippen LogP contribution in [0.4, 0.5) is 5.82 Å². The number of benzene rings is 1. The van der Waals surface area contributed by atoms with Gasteiger partial charge in [0.25, 0.3) is 0 Å². The van der Waals surface area contributed by atoms with Crippen molar-refractivity contribution in [2.24, 2.45) is 0 Å². The lowest BCUT2D eigenvalue weighted by Crippen LogP contribution is -2.45. The molecule has 1 N–H and O–H groups in total. The molecule has 1 fully saturated rings. The van der Waals surface area contributed by atoms with E-state index < -0.39 is 0 Å². The molecule has 4 aromatic rings. The maximum atomic E-state index is 13.7. The van der Waals surface area contributed by atoms with E-state index in [-0.39, 0.29) is 17.7 Å². The number of carbonyl (C=O) groups is 1. The summed E-state index contributed by atoms with van der Waals surface area (Å²) < 4.78 is 0. The summed E-state index contributed by atoms with van der Waals surface area (Å²) in [6.07, 6.45) is 5.25. The van der Waals surface area contributed by atoms with Gasteiger partial charge < -0.3 is 14.9 Å². The highest BCUT2D eigenvalue weighted by molar-refractivity contribution is 7.13. The van der Waals surface area contributed by atoms with Gasteiger partial charge in [0, 0.05) is 42.5 Å². The Morgan fingerprint density at radius 2 is 1.97 bits per heavy atom. The molecule has 1 atom stereocenters. The topological polar surface area (TPSA) is 69.6 Å². The van der Waals surface area contributed by atoms with Crippen LogP contribution in [-0.2, 0) is 11.3 Å². The minimum Gasteiger partial charge on any atom is -0.507 e. The first-order valence-corrected chi connectivity index (χ1v) is 13.2. The molecule has 0 bridgehead atoms. The minimum atomic E-state index is -0.267. The number of rotatable bonds is 7. The van der Waals surface area contributed by atoms with Gasteiger partial charge in [0.05, 0.1) is 5.69 Å². The predicted molar refractivity (Wildman–Crippen MR) is 145 cm³/mol. The number of likely N-dealkylation sites (N-methyl/N-ethyl adjacent to an activating group) is 1. The smallest absolute Gasteiger partial charge is 0.245 e. The maximum Gasteiger partial charge on any atom is 0.245 e. The molecule has 1 aromatic carbocycles. The number of phenolic OH excluding ortho intramolecular Hbond substituents is 1. The minimum absolute atomic E-state index is 0.121. The van der Waals surface area contributed by atoms with Crippen LogP contribution in [0.3, 0.4) is 0 Å². The Morgan fingerprint density at radius 1 is 1.17 bits per heavy atom. The molecular weight excluding hydrogens is 468 g/mol. The molecular formula is C29H30N4O2S. The average molecular weight is 499 g/mol. The zero-order valence-corrected chi connectivity index (χ0v) is 21.4. The van der Waals surface area contributed by atoms with Crippen molar-refractivity contribution in [1.82, 2.24) is 14.9 Å². The monoisotopic (exact) mass is 498 g/mol. The van der Waals surface area contributed by atoms with Gasteiger partial charge in [-0.25, -0.2) is 4.98 Å². The number of phenols is 1. The van der Waals surface area contributed by atoms with E-state index in [2.05, 4.69) is 34.3 Å². The van der Waals surface area contributed by atoms with Gasteiger partial charge in [0.2, 0.25) is 5.91 Å². The lowest BCUT2D eigenvalue weighted by atomic mass is 10.1. The summed E-state index contributed by atoms with van der Waals surface area (Å²) in [6, 6.07) is 17.2. The van der Waals surface area contributed by atoms with Gasteiger partial charge in [-0.2, -0.15) is 0 Å². The van der Waals surface area contributed by atoms with E-state index in [9.17, 15) is 9.90 Å². The number of aromatic nitrogens is 2. The molecule has 0 aliphatic carbocycles. The number of amides is 1. The molecule has 1 amide bonds. The molecule has 0 saturated carbocycles. The number of nitrogens with zero attached hydrogens (tertiary/aromatic N) is 4. The number of aryl methyl sites for hydroxylation is 1. The second-order valence-corrected chi connectivity index (χ2v) is 10.0. The lowest BCUT2D eigenvalue weighted by Gasteiger charge is -2.31. The highest BCUT2D eigenvalue weighted by Gasteiger charge is 2.34. The van der Waals surface area contributed by atoms with E-state index >= 15 is 0 Å². The van der Waals surface area contributed by atoms with E-state index in [1.165, 1.54) is 10.4 Å². The summed E-state index contributed by atoms with van der Waals surface area (Å²) in [5, 5.41) is 12.7. The second-order valence-electron chi connectivity index (χ2n) is 9.11. The zero-order valence-electron chi connectivity index (χ0n) is 20.6. The van der Waals surface area contributed by atoms with Crippen molar-refractivity contribution < 1.29 is 9.90 Å². The Kier molecular flexibility index (Phi) is 7.00. The zero-order chi connectivity index (χ0) is 25.1. The van der Waals surface area contributed by atoms with Gasteiger partial charge in [0.15, 0.2) is 0 Å². The number of thiophene rings is 1. The first-order valence-electron chi connectivity index (χ1n) is 12.3. The quantitative estimate of drug-likeness (QED) is 0.343. The van der Waals surface area contributed by atoms with Crippen LogP contribution in [-0.4, -0.2) is 45.0 Å². The van der Waals surface area contributed by atoms with E-state index in [0.717, 1.165) is 36.3 Å². The van der Waals surface area contributed by atoms with E-state index in [1.54, 1.807) is 29.8 Å². The third kappa shape index (κ3) is 4.84. The first kappa shape index (κ1) is 24.0. The van der Waals surface area contributed by atoms with Crippen LogP contribution in [0.25, 0.3) is 21.7 Å². The van der Waals surface area contributed by atoms with Gasteiger partial charge in [-0.05, 0) is 91.2 Å². The third-order valence-electron chi connectivity index (χ3n) is 6.76. The summed E-state index contributed by atoms with van der Waals surface area (Å²) in [7, 11) is 0. The van der Waals surface area contributed by atoms with Gasteiger partial charge in [-0.3, -0.25) is 9.78 Å². The summed E-state index contributed by atoms with van der Waals surface area (Å²) in [4.78, 5) is 28.0. The molecule has 0 unspecified atom stereocenters. The highest BCUT2D eigenvalue weighted by atomic mass is 32.1. The molecule has 1 aliphatic rings. The van der Waals surface area contributed by atoms with Crippen molar-refractivity contribution >= 4 is 23.1 Å². The van der Waals surface area contributed by atoms with Crippen molar-refractivity contribution in [2.45, 2.75) is 39.3 Å². The fraction of sp³-hybridized carbons (Fsp3) is 0.276. The van der Waals surface area contributed by atoms with Crippen LogP contribution in [0, 0.1) is 6.92 Å². The molecule has 4 heterocycles. The molecule has 1 aliphatic heterocycles. The normalized spacial score (nSPS) is 15.3. The molecule has 6 nitrogen and oxygen atoms in total. The molecule has 7 heteroatoms. The van der Waals surface area contributed by atoms with Crippen molar-refractivity contribution in [1.29, 1.82) is 0 Å². The summed E-state index contributed by atoms with van der Waals surface area (Å²) in [5.41, 5.74) is 4.71. The fourth-order valence-electron chi connectivity index (χ4n) is 4.85. The standard InChI is InChI=1S/C29H30N4O2S/c1-3-32(19-21-10-13-30-14-11-21)29(35)25-8-6-15-33(25)27-18-22(28-20(2)12-16-36-28)17-24(31-27)23-7-4-5-9-26(23)34/h4-5,7,9-14,16-18,25,34H,3,6,8,15,19H2,1-2H3/t25-/m0/s1. The number of anilines is 1. The summed E-state index contributed by atoms with van der Waals surface area (Å²) >= 11 is 1.69. The SMILES string of the molecule is CCN(Cc1ccncc1)C(=O)[C@@H]1CCCN1c1cc(-c2sccc2C)cc(-c2ccccc2O)n1. The molecule has 3 aromatic heterocycles. The van der Waals surface area contributed by atoms with Gasteiger partial charge >= 0.3 is 0 Å². The van der Waals surface area contributed by atoms with E-state index in [1.807, 2.05) is 48.2 Å². The Morgan fingerprint density at radius 3 is 2.69 bits per heavy atom. The van der Waals surface area contributed by atoms with Gasteiger partial charge in [-0.15, -0.1) is 11.3 Å². The summed E-state index contributed by atoms with van der Waals surface area (Å²) in [6.45, 7) is 6.09. The van der Waals surface area contributed by atoms with Crippen LogP contribution in [0.2, 0.25) is 0 Å². The number of carbonyl (C=O) groups excluding carboxylic acids is 1. The summed E-state index contributed by atoms with van der Waals surface area (Å²) in [5.74, 6) is 1.09. The molecule has 5 rings (SSSR count). The Labute approximate surface area is 215 Å². The van der Waals surface area contributed by atoms with E-state index in [0.29, 0.717) is 24.3 Å².